The van der Waals surface area contributed by atoms with Gasteiger partial charge in [0.1, 0.15) is 10.8 Å². The van der Waals surface area contributed by atoms with Crippen LogP contribution in [0.3, 0.4) is 0 Å². The SMILES string of the molecule is CNC(=O)CN(C)c1cc(C(N)=S)ccn1. The van der Waals surface area contributed by atoms with Crippen molar-refractivity contribution in [3.8, 4) is 0 Å². The molecule has 0 radical (unpaired) electrons. The monoisotopic (exact) mass is 238 g/mol. The van der Waals surface area contributed by atoms with E-state index in [1.165, 1.54) is 0 Å². The molecule has 0 bridgehead atoms. The van der Waals surface area contributed by atoms with Crippen LogP contribution in [-0.2, 0) is 4.79 Å². The van der Waals surface area contributed by atoms with Crippen LogP contribution < -0.4 is 16.0 Å². The first kappa shape index (κ1) is 12.4. The van der Waals surface area contributed by atoms with E-state index in [0.29, 0.717) is 10.8 Å². The molecular weight excluding hydrogens is 224 g/mol. The number of nitrogens with two attached hydrogens (primary N) is 1. The molecule has 1 heterocycles. The first-order chi connectivity index (χ1) is 7.54. The summed E-state index contributed by atoms with van der Waals surface area (Å²) in [6, 6.07) is 3.49. The normalized spacial score (nSPS) is 9.62. The van der Waals surface area contributed by atoms with Crippen molar-refractivity contribution in [1.82, 2.24) is 10.3 Å². The van der Waals surface area contributed by atoms with Gasteiger partial charge in [-0.15, -0.1) is 0 Å². The van der Waals surface area contributed by atoms with E-state index in [-0.39, 0.29) is 12.5 Å². The Bertz CT molecular complexity index is 408. The van der Waals surface area contributed by atoms with Crippen LogP contribution in [-0.4, -0.2) is 36.5 Å². The average molecular weight is 238 g/mol. The van der Waals surface area contributed by atoms with Crippen molar-refractivity contribution in [2.45, 2.75) is 0 Å². The molecule has 16 heavy (non-hydrogen) atoms. The molecule has 5 nitrogen and oxygen atoms in total. The fraction of sp³-hybridized carbons (Fsp3) is 0.300. The summed E-state index contributed by atoms with van der Waals surface area (Å²) >= 11 is 4.87. The fourth-order valence-corrected chi connectivity index (χ4v) is 1.28. The quantitative estimate of drug-likeness (QED) is 0.717. The smallest absolute Gasteiger partial charge is 0.239 e. The lowest BCUT2D eigenvalue weighted by molar-refractivity contribution is -0.119. The van der Waals surface area contributed by atoms with Crippen LogP contribution in [0.1, 0.15) is 5.56 Å². The zero-order valence-corrected chi connectivity index (χ0v) is 10.0. The van der Waals surface area contributed by atoms with Gasteiger partial charge >= 0.3 is 0 Å². The summed E-state index contributed by atoms with van der Waals surface area (Å²) < 4.78 is 0. The van der Waals surface area contributed by atoms with E-state index in [0.717, 1.165) is 5.56 Å². The van der Waals surface area contributed by atoms with Crippen LogP contribution in [0.2, 0.25) is 0 Å². The summed E-state index contributed by atoms with van der Waals surface area (Å²) in [5.74, 6) is 0.582. The lowest BCUT2D eigenvalue weighted by atomic mass is 10.2. The highest BCUT2D eigenvalue weighted by Gasteiger charge is 2.08. The molecule has 0 saturated carbocycles. The van der Waals surface area contributed by atoms with E-state index in [1.54, 1.807) is 37.3 Å². The third-order valence-electron chi connectivity index (χ3n) is 2.08. The predicted molar refractivity (Wildman–Crippen MR) is 67.5 cm³/mol. The number of amides is 1. The number of nitrogens with one attached hydrogen (secondary N) is 1. The number of likely N-dealkylation sites (N-methyl/N-ethyl adjacent to an activating group) is 2. The molecular formula is C10H14N4OS. The van der Waals surface area contributed by atoms with Gasteiger partial charge in [0.05, 0.1) is 6.54 Å². The largest absolute Gasteiger partial charge is 0.389 e. The minimum Gasteiger partial charge on any atom is -0.389 e. The number of hydrogen-bond donors (Lipinski definition) is 2. The number of rotatable bonds is 4. The Labute approximate surface area is 99.6 Å². The van der Waals surface area contributed by atoms with Crippen LogP contribution in [0, 0.1) is 0 Å². The van der Waals surface area contributed by atoms with E-state index >= 15 is 0 Å². The Morgan fingerprint density at radius 3 is 2.94 bits per heavy atom. The molecule has 1 aromatic heterocycles. The Kier molecular flexibility index (Phi) is 4.19. The molecule has 0 saturated heterocycles. The van der Waals surface area contributed by atoms with Crippen LogP contribution in [0.5, 0.6) is 0 Å². The van der Waals surface area contributed by atoms with Gasteiger partial charge in [0.15, 0.2) is 0 Å². The summed E-state index contributed by atoms with van der Waals surface area (Å²) in [6.45, 7) is 0.240. The third kappa shape index (κ3) is 3.16. The van der Waals surface area contributed by atoms with Crippen molar-refractivity contribution in [1.29, 1.82) is 0 Å². The molecule has 0 aliphatic rings. The number of carbonyl (C=O) groups is 1. The summed E-state index contributed by atoms with van der Waals surface area (Å²) in [5, 5.41) is 2.54. The average Bonchev–Trinajstić information content (AvgIpc) is 2.28. The molecule has 1 rings (SSSR count). The van der Waals surface area contributed by atoms with Crippen molar-refractivity contribution in [2.24, 2.45) is 5.73 Å². The maximum Gasteiger partial charge on any atom is 0.239 e. The van der Waals surface area contributed by atoms with Crippen molar-refractivity contribution < 1.29 is 4.79 Å². The van der Waals surface area contributed by atoms with Crippen molar-refractivity contribution in [3.63, 3.8) is 0 Å². The number of anilines is 1. The van der Waals surface area contributed by atoms with Gasteiger partial charge in [-0.25, -0.2) is 4.98 Å². The van der Waals surface area contributed by atoms with Gasteiger partial charge in [-0.3, -0.25) is 4.79 Å². The first-order valence-corrected chi connectivity index (χ1v) is 5.13. The van der Waals surface area contributed by atoms with E-state index < -0.39 is 0 Å². The van der Waals surface area contributed by atoms with E-state index in [9.17, 15) is 4.79 Å². The van der Waals surface area contributed by atoms with Crippen LogP contribution in [0.25, 0.3) is 0 Å². The first-order valence-electron chi connectivity index (χ1n) is 4.72. The van der Waals surface area contributed by atoms with Gasteiger partial charge in [-0.2, -0.15) is 0 Å². The molecule has 0 unspecified atom stereocenters. The zero-order valence-electron chi connectivity index (χ0n) is 9.23. The molecule has 0 spiro atoms. The zero-order chi connectivity index (χ0) is 12.1. The van der Waals surface area contributed by atoms with Crippen molar-refractivity contribution in [3.05, 3.63) is 23.9 Å². The Morgan fingerprint density at radius 1 is 1.69 bits per heavy atom. The molecule has 0 atom stereocenters. The fourth-order valence-electron chi connectivity index (χ4n) is 1.16. The summed E-state index contributed by atoms with van der Waals surface area (Å²) in [5.41, 5.74) is 6.26. The Hall–Kier alpha value is -1.69. The maximum absolute atomic E-state index is 11.2. The van der Waals surface area contributed by atoms with Gasteiger partial charge in [0, 0.05) is 25.9 Å². The summed E-state index contributed by atoms with van der Waals surface area (Å²) in [6.07, 6.45) is 1.62. The van der Waals surface area contributed by atoms with Gasteiger partial charge in [-0.1, -0.05) is 12.2 Å². The maximum atomic E-state index is 11.2. The second-order valence-electron chi connectivity index (χ2n) is 3.30. The minimum atomic E-state index is -0.0787. The topological polar surface area (TPSA) is 71.2 Å². The lowest BCUT2D eigenvalue weighted by Gasteiger charge is -2.17. The second kappa shape index (κ2) is 5.41. The van der Waals surface area contributed by atoms with Crippen molar-refractivity contribution >= 4 is 28.9 Å². The van der Waals surface area contributed by atoms with Crippen LogP contribution in [0.15, 0.2) is 18.3 Å². The third-order valence-corrected chi connectivity index (χ3v) is 2.32. The molecule has 6 heteroatoms. The number of hydrogen-bond acceptors (Lipinski definition) is 4. The Balaban J connectivity index is 2.83. The minimum absolute atomic E-state index is 0.0787. The molecule has 0 aliphatic heterocycles. The number of pyridine rings is 1. The standard InChI is InChI=1S/C10H14N4OS/c1-12-9(15)6-14(2)8-5-7(10(11)16)3-4-13-8/h3-5H,6H2,1-2H3,(H2,11,16)(H,12,15). The lowest BCUT2D eigenvalue weighted by Crippen LogP contribution is -2.33. The van der Waals surface area contributed by atoms with Crippen molar-refractivity contribution in [2.75, 3.05) is 25.5 Å². The highest BCUT2D eigenvalue weighted by atomic mass is 32.1. The molecule has 0 aliphatic carbocycles. The molecule has 0 aromatic carbocycles. The van der Waals surface area contributed by atoms with E-state index in [2.05, 4.69) is 10.3 Å². The van der Waals surface area contributed by atoms with Crippen LogP contribution in [0.4, 0.5) is 5.82 Å². The molecule has 0 fully saturated rings. The second-order valence-corrected chi connectivity index (χ2v) is 3.74. The highest BCUT2D eigenvalue weighted by molar-refractivity contribution is 7.80. The van der Waals surface area contributed by atoms with E-state index in [4.69, 9.17) is 18.0 Å². The number of carbonyl (C=O) groups excluding carboxylic acids is 1. The number of thiocarbonyl (C=S) groups is 1. The van der Waals surface area contributed by atoms with Gasteiger partial charge in [0.2, 0.25) is 5.91 Å². The summed E-state index contributed by atoms with van der Waals surface area (Å²) in [4.78, 5) is 17.4. The highest BCUT2D eigenvalue weighted by Crippen LogP contribution is 2.10. The van der Waals surface area contributed by atoms with Gasteiger partial charge < -0.3 is 16.0 Å². The van der Waals surface area contributed by atoms with Gasteiger partial charge in [0.25, 0.3) is 0 Å². The molecule has 3 N–H and O–H groups in total. The number of aromatic nitrogens is 1. The molecule has 1 aromatic rings. The predicted octanol–water partition coefficient (Wildman–Crippen LogP) is -0.102. The molecule has 86 valence electrons. The summed E-state index contributed by atoms with van der Waals surface area (Å²) in [7, 11) is 3.37. The number of nitrogens with zero attached hydrogens (tertiary/aromatic N) is 2. The van der Waals surface area contributed by atoms with Gasteiger partial charge in [-0.05, 0) is 12.1 Å². The van der Waals surface area contributed by atoms with E-state index in [1.807, 2.05) is 0 Å². The van der Waals surface area contributed by atoms with Crippen LogP contribution >= 0.6 is 12.2 Å². The molecule has 1 amide bonds. The Morgan fingerprint density at radius 2 is 2.38 bits per heavy atom.